The summed E-state index contributed by atoms with van der Waals surface area (Å²) in [5.41, 5.74) is 1.50. The maximum absolute atomic E-state index is 15.1. The van der Waals surface area contributed by atoms with Gasteiger partial charge in [0.2, 0.25) is 0 Å². The SMILES string of the molecule is COC(=O)[C@H]1C(=O)C2=C(C[C@@H]1C)NC(C)=C(C(=O)OCCOc1ccccc1)[C@@H]2c1ccccc1F. The van der Waals surface area contributed by atoms with E-state index in [1.54, 1.807) is 32.0 Å². The summed E-state index contributed by atoms with van der Waals surface area (Å²) in [6.07, 6.45) is 0.371. The highest BCUT2D eigenvalue weighted by molar-refractivity contribution is 6.12. The first-order valence-corrected chi connectivity index (χ1v) is 11.8. The van der Waals surface area contributed by atoms with Crippen LogP contribution in [0, 0.1) is 17.7 Å². The number of ether oxygens (including phenoxy) is 3. The largest absolute Gasteiger partial charge is 0.490 e. The molecule has 1 aliphatic heterocycles. The van der Waals surface area contributed by atoms with Crippen LogP contribution in [-0.2, 0) is 23.9 Å². The number of hydrogen-bond acceptors (Lipinski definition) is 7. The van der Waals surface area contributed by atoms with Crippen LogP contribution in [0.2, 0.25) is 0 Å². The van der Waals surface area contributed by atoms with Gasteiger partial charge in [0.1, 0.15) is 30.7 Å². The number of esters is 2. The predicted molar refractivity (Wildman–Crippen MR) is 129 cm³/mol. The summed E-state index contributed by atoms with van der Waals surface area (Å²) in [6, 6.07) is 15.1. The van der Waals surface area contributed by atoms with Crippen molar-refractivity contribution >= 4 is 17.7 Å². The maximum atomic E-state index is 15.1. The van der Waals surface area contributed by atoms with Gasteiger partial charge in [0.15, 0.2) is 5.78 Å². The van der Waals surface area contributed by atoms with E-state index in [9.17, 15) is 14.4 Å². The molecule has 2 aromatic rings. The normalized spacial score (nSPS) is 21.4. The highest BCUT2D eigenvalue weighted by Crippen LogP contribution is 2.46. The Morgan fingerprint density at radius 1 is 1.06 bits per heavy atom. The molecule has 7 nitrogen and oxygen atoms in total. The predicted octanol–water partition coefficient (Wildman–Crippen LogP) is 4.06. The van der Waals surface area contributed by atoms with Crippen molar-refractivity contribution in [2.75, 3.05) is 20.3 Å². The number of methoxy groups -OCH3 is 1. The third-order valence-electron chi connectivity index (χ3n) is 6.51. The van der Waals surface area contributed by atoms with Gasteiger partial charge < -0.3 is 19.5 Å². The summed E-state index contributed by atoms with van der Waals surface area (Å²) in [7, 11) is 1.23. The van der Waals surface area contributed by atoms with Crippen LogP contribution < -0.4 is 10.1 Å². The summed E-state index contributed by atoms with van der Waals surface area (Å²) >= 11 is 0. The van der Waals surface area contributed by atoms with E-state index in [4.69, 9.17) is 14.2 Å². The Bertz CT molecular complexity index is 1240. The van der Waals surface area contributed by atoms with Crippen LogP contribution in [0.3, 0.4) is 0 Å². The molecular weight excluding hydrogens is 465 g/mol. The van der Waals surface area contributed by atoms with Gasteiger partial charge in [-0.05, 0) is 37.5 Å². The van der Waals surface area contributed by atoms with Crippen molar-refractivity contribution in [1.29, 1.82) is 0 Å². The van der Waals surface area contributed by atoms with Crippen molar-refractivity contribution in [2.24, 2.45) is 11.8 Å². The van der Waals surface area contributed by atoms with Crippen molar-refractivity contribution < 1.29 is 33.0 Å². The van der Waals surface area contributed by atoms with Gasteiger partial charge >= 0.3 is 11.9 Å². The molecule has 0 saturated heterocycles. The van der Waals surface area contributed by atoms with Gasteiger partial charge in [0, 0.05) is 22.5 Å². The van der Waals surface area contributed by atoms with Crippen LogP contribution in [0.1, 0.15) is 31.7 Å². The second-order valence-corrected chi connectivity index (χ2v) is 8.85. The zero-order valence-electron chi connectivity index (χ0n) is 20.4. The molecule has 0 fully saturated rings. The minimum atomic E-state index is -1.04. The monoisotopic (exact) mass is 493 g/mol. The Morgan fingerprint density at radius 3 is 2.44 bits per heavy atom. The number of ketones is 1. The number of allylic oxidation sites excluding steroid dienone is 3. The average Bonchev–Trinajstić information content (AvgIpc) is 2.86. The van der Waals surface area contributed by atoms with Gasteiger partial charge in [-0.3, -0.25) is 9.59 Å². The zero-order chi connectivity index (χ0) is 25.8. The maximum Gasteiger partial charge on any atom is 0.336 e. The summed E-state index contributed by atoms with van der Waals surface area (Å²) in [6.45, 7) is 3.56. The first-order valence-electron chi connectivity index (χ1n) is 11.8. The number of rotatable bonds is 7. The number of carbonyl (C=O) groups is 3. The van der Waals surface area contributed by atoms with E-state index < -0.39 is 35.4 Å². The number of Topliss-reactive ketones (excluding diaryl/α,β-unsaturated/α-hetero) is 1. The summed E-state index contributed by atoms with van der Waals surface area (Å²) in [5.74, 6) is -4.16. The third-order valence-corrected chi connectivity index (χ3v) is 6.51. The van der Waals surface area contributed by atoms with Crippen LogP contribution in [0.25, 0.3) is 0 Å². The lowest BCUT2D eigenvalue weighted by Crippen LogP contribution is -2.43. The fraction of sp³-hybridized carbons (Fsp3) is 0.321. The average molecular weight is 494 g/mol. The zero-order valence-corrected chi connectivity index (χ0v) is 20.4. The molecular formula is C28H28FNO6. The number of hydrogen-bond donors (Lipinski definition) is 1. The minimum Gasteiger partial charge on any atom is -0.490 e. The highest BCUT2D eigenvalue weighted by atomic mass is 19.1. The molecule has 8 heteroatoms. The molecule has 0 aromatic heterocycles. The van der Waals surface area contributed by atoms with E-state index in [1.807, 2.05) is 18.2 Å². The van der Waals surface area contributed by atoms with Crippen LogP contribution in [-0.4, -0.2) is 38.0 Å². The standard InChI is InChI=1S/C28H28FNO6/c1-16-15-21-25(26(31)22(16)27(32)34-3)24(19-11-7-8-12-20(19)29)23(17(2)30-21)28(33)36-14-13-35-18-9-5-4-6-10-18/h4-12,16,22,24,30H,13-15H2,1-3H3/t16-,22+,24-/m0/s1. The van der Waals surface area contributed by atoms with Gasteiger partial charge in [-0.15, -0.1) is 0 Å². The van der Waals surface area contributed by atoms with Crippen LogP contribution in [0.15, 0.2) is 77.1 Å². The molecule has 0 spiro atoms. The van der Waals surface area contributed by atoms with E-state index in [1.165, 1.54) is 25.3 Å². The number of dihydropyridines is 1. The van der Waals surface area contributed by atoms with Crippen LogP contribution in [0.5, 0.6) is 5.75 Å². The van der Waals surface area contributed by atoms with Crippen molar-refractivity contribution in [3.05, 3.63) is 88.5 Å². The van der Waals surface area contributed by atoms with Gasteiger partial charge in [0.05, 0.1) is 18.6 Å². The molecule has 2 aliphatic rings. The number of halogens is 1. The number of benzene rings is 2. The van der Waals surface area contributed by atoms with Crippen LogP contribution in [0.4, 0.5) is 4.39 Å². The third kappa shape index (κ3) is 4.89. The lowest BCUT2D eigenvalue weighted by molar-refractivity contribution is -0.151. The van der Waals surface area contributed by atoms with Crippen LogP contribution >= 0.6 is 0 Å². The summed E-state index contributed by atoms with van der Waals surface area (Å²) in [4.78, 5) is 39.4. The first kappa shape index (κ1) is 25.2. The fourth-order valence-electron chi connectivity index (χ4n) is 4.86. The Hall–Kier alpha value is -3.94. The Labute approximate surface area is 208 Å². The molecule has 1 aliphatic carbocycles. The quantitative estimate of drug-likeness (QED) is 0.353. The fourth-order valence-corrected chi connectivity index (χ4v) is 4.86. The Kier molecular flexibility index (Phi) is 7.52. The smallest absolute Gasteiger partial charge is 0.336 e. The summed E-state index contributed by atoms with van der Waals surface area (Å²) < 4.78 is 31.0. The Morgan fingerprint density at radius 2 is 1.75 bits per heavy atom. The van der Waals surface area contributed by atoms with Crippen molar-refractivity contribution in [1.82, 2.24) is 5.32 Å². The second kappa shape index (κ2) is 10.8. The lowest BCUT2D eigenvalue weighted by atomic mass is 9.69. The minimum absolute atomic E-state index is 0.0455. The molecule has 0 unspecified atom stereocenters. The molecule has 4 rings (SSSR count). The van der Waals surface area contributed by atoms with Gasteiger partial charge in [-0.2, -0.15) is 0 Å². The highest BCUT2D eigenvalue weighted by Gasteiger charge is 2.47. The van der Waals surface area contributed by atoms with E-state index in [-0.39, 0.29) is 35.8 Å². The number of para-hydroxylation sites is 1. The van der Waals surface area contributed by atoms with E-state index in [0.717, 1.165) is 0 Å². The van der Waals surface area contributed by atoms with E-state index in [0.29, 0.717) is 23.6 Å². The molecule has 0 saturated carbocycles. The number of carbonyl (C=O) groups excluding carboxylic acids is 3. The first-order chi connectivity index (χ1) is 17.3. The molecule has 3 atom stereocenters. The molecule has 0 amide bonds. The van der Waals surface area contributed by atoms with Crippen molar-refractivity contribution in [3.8, 4) is 5.75 Å². The topological polar surface area (TPSA) is 90.9 Å². The molecule has 0 radical (unpaired) electrons. The molecule has 1 heterocycles. The van der Waals surface area contributed by atoms with Gasteiger partial charge in [0.25, 0.3) is 0 Å². The molecule has 0 bridgehead atoms. The lowest BCUT2D eigenvalue weighted by Gasteiger charge is -2.38. The van der Waals surface area contributed by atoms with E-state index >= 15 is 4.39 Å². The van der Waals surface area contributed by atoms with Gasteiger partial charge in [-0.1, -0.05) is 43.3 Å². The van der Waals surface area contributed by atoms with Crippen molar-refractivity contribution in [3.63, 3.8) is 0 Å². The summed E-state index contributed by atoms with van der Waals surface area (Å²) in [5, 5.41) is 3.15. The Balaban J connectivity index is 1.65. The number of nitrogens with one attached hydrogen (secondary N) is 1. The molecule has 2 aromatic carbocycles. The molecule has 1 N–H and O–H groups in total. The second-order valence-electron chi connectivity index (χ2n) is 8.85. The van der Waals surface area contributed by atoms with Crippen molar-refractivity contribution in [2.45, 2.75) is 26.2 Å². The molecule has 36 heavy (non-hydrogen) atoms. The molecule has 188 valence electrons. The van der Waals surface area contributed by atoms with E-state index in [2.05, 4.69) is 5.32 Å². The van der Waals surface area contributed by atoms with Gasteiger partial charge in [-0.25, -0.2) is 9.18 Å².